The number of rotatable bonds is 4. The number of benzene rings is 2. The maximum atomic E-state index is 12.8. The van der Waals surface area contributed by atoms with Gasteiger partial charge >= 0.3 is 0 Å². The van der Waals surface area contributed by atoms with Crippen molar-refractivity contribution >= 4 is 17.4 Å². The fraction of sp³-hybridized carbons (Fsp3) is 0.280. The van der Waals surface area contributed by atoms with Gasteiger partial charge in [-0.1, -0.05) is 54.6 Å². The summed E-state index contributed by atoms with van der Waals surface area (Å²) in [6, 6.07) is 22.8. The highest BCUT2D eigenvalue weighted by Gasteiger charge is 2.50. The monoisotopic (exact) mass is 399 g/mol. The van der Waals surface area contributed by atoms with Gasteiger partial charge in [0.1, 0.15) is 11.9 Å². The summed E-state index contributed by atoms with van der Waals surface area (Å²) in [6.07, 6.45) is 1.95. The lowest BCUT2D eigenvalue weighted by molar-refractivity contribution is -0.124. The van der Waals surface area contributed by atoms with E-state index < -0.39 is 6.10 Å². The Kier molecular flexibility index (Phi) is 4.75. The molecule has 1 spiro atoms. The molecule has 3 heterocycles. The predicted molar refractivity (Wildman–Crippen MR) is 118 cm³/mol. The molecule has 1 N–H and O–H groups in total. The first-order chi connectivity index (χ1) is 14.6. The van der Waals surface area contributed by atoms with Crippen molar-refractivity contribution < 1.29 is 9.53 Å². The number of hydrogen-bond acceptors (Lipinski definition) is 4. The van der Waals surface area contributed by atoms with Gasteiger partial charge in [-0.25, -0.2) is 4.98 Å². The summed E-state index contributed by atoms with van der Waals surface area (Å²) in [7, 11) is 0. The molecule has 1 saturated heterocycles. The smallest absolute Gasteiger partial charge is 0.254 e. The Morgan fingerprint density at radius 3 is 2.73 bits per heavy atom. The van der Waals surface area contributed by atoms with Gasteiger partial charge in [0.25, 0.3) is 5.91 Å². The van der Waals surface area contributed by atoms with Crippen molar-refractivity contribution in [1.82, 2.24) is 4.98 Å². The van der Waals surface area contributed by atoms with Gasteiger partial charge in [0, 0.05) is 30.4 Å². The van der Waals surface area contributed by atoms with E-state index in [1.807, 2.05) is 25.1 Å². The van der Waals surface area contributed by atoms with Crippen molar-refractivity contribution in [2.24, 2.45) is 0 Å². The van der Waals surface area contributed by atoms with Gasteiger partial charge in [0.15, 0.2) is 0 Å². The molecule has 0 bridgehead atoms. The number of aryl methyl sites for hydroxylation is 1. The van der Waals surface area contributed by atoms with E-state index in [0.717, 1.165) is 18.7 Å². The van der Waals surface area contributed by atoms with Crippen LogP contribution in [0.15, 0.2) is 72.9 Å². The topological polar surface area (TPSA) is 54.5 Å². The summed E-state index contributed by atoms with van der Waals surface area (Å²) >= 11 is 0. The molecule has 0 saturated carbocycles. The van der Waals surface area contributed by atoms with Gasteiger partial charge in [-0.2, -0.15) is 0 Å². The van der Waals surface area contributed by atoms with Crippen LogP contribution in [0.5, 0.6) is 0 Å². The number of carbonyl (C=O) groups excluding carboxylic acids is 1. The van der Waals surface area contributed by atoms with E-state index in [1.54, 1.807) is 6.20 Å². The Morgan fingerprint density at radius 2 is 1.93 bits per heavy atom. The van der Waals surface area contributed by atoms with Crippen LogP contribution in [-0.2, 0) is 21.5 Å². The molecule has 1 aromatic heterocycles. The molecule has 5 heteroatoms. The van der Waals surface area contributed by atoms with Crippen LogP contribution in [0.4, 0.5) is 11.5 Å². The number of carbonyl (C=O) groups is 1. The van der Waals surface area contributed by atoms with Crippen LogP contribution in [0, 0.1) is 6.92 Å². The molecule has 3 aromatic rings. The highest BCUT2D eigenvalue weighted by atomic mass is 16.5. The van der Waals surface area contributed by atoms with Crippen molar-refractivity contribution in [2.75, 3.05) is 23.4 Å². The fourth-order valence-corrected chi connectivity index (χ4v) is 4.63. The highest BCUT2D eigenvalue weighted by molar-refractivity contribution is 5.93. The van der Waals surface area contributed by atoms with Crippen molar-refractivity contribution in [3.63, 3.8) is 0 Å². The standard InChI is InChI=1S/C25H25N3O2/c1-18-11-12-23(26-14-18)27-24(29)22-13-25(17-30-22)16-28(15-19-7-3-2-4-8-19)21-10-6-5-9-20(21)25/h2-12,14,22H,13,15-17H2,1H3,(H,26,27,29)/t22-,25-/m0/s1. The van der Waals surface area contributed by atoms with Gasteiger partial charge in [0.05, 0.1) is 6.61 Å². The molecule has 2 aliphatic rings. The Labute approximate surface area is 176 Å². The van der Waals surface area contributed by atoms with Crippen molar-refractivity contribution in [2.45, 2.75) is 31.4 Å². The van der Waals surface area contributed by atoms with Crippen LogP contribution in [0.1, 0.15) is 23.1 Å². The van der Waals surface area contributed by atoms with Crippen LogP contribution in [0.25, 0.3) is 0 Å². The van der Waals surface area contributed by atoms with Gasteiger partial charge in [0.2, 0.25) is 0 Å². The number of fused-ring (bicyclic) bond motifs is 2. The number of ether oxygens (including phenoxy) is 1. The van der Waals surface area contributed by atoms with Gasteiger partial charge in [-0.05, 0) is 42.2 Å². The Bertz CT molecular complexity index is 1050. The van der Waals surface area contributed by atoms with Crippen molar-refractivity contribution in [1.29, 1.82) is 0 Å². The van der Waals surface area contributed by atoms with Crippen LogP contribution in [0.3, 0.4) is 0 Å². The zero-order chi connectivity index (χ0) is 20.6. The third-order valence-electron chi connectivity index (χ3n) is 6.12. The minimum Gasteiger partial charge on any atom is -0.367 e. The summed E-state index contributed by atoms with van der Waals surface area (Å²) in [4.78, 5) is 19.5. The quantitative estimate of drug-likeness (QED) is 0.718. The number of amides is 1. The number of para-hydroxylation sites is 1. The summed E-state index contributed by atoms with van der Waals surface area (Å²) in [5.74, 6) is 0.440. The maximum absolute atomic E-state index is 12.8. The normalized spacial score (nSPS) is 22.3. The maximum Gasteiger partial charge on any atom is 0.254 e. The molecule has 2 aliphatic heterocycles. The molecule has 1 amide bonds. The second-order valence-corrected chi connectivity index (χ2v) is 8.35. The second kappa shape index (κ2) is 7.58. The lowest BCUT2D eigenvalue weighted by Crippen LogP contribution is -2.35. The number of nitrogens with zero attached hydrogens (tertiary/aromatic N) is 2. The number of anilines is 2. The van der Waals surface area contributed by atoms with Crippen molar-refractivity contribution in [3.8, 4) is 0 Å². The average Bonchev–Trinajstić information content (AvgIpc) is 3.33. The number of hydrogen-bond donors (Lipinski definition) is 1. The summed E-state index contributed by atoms with van der Waals surface area (Å²) < 4.78 is 6.04. The lowest BCUT2D eigenvalue weighted by Gasteiger charge is -2.24. The molecule has 0 aliphatic carbocycles. The molecule has 5 nitrogen and oxygen atoms in total. The Morgan fingerprint density at radius 1 is 1.13 bits per heavy atom. The number of nitrogens with one attached hydrogen (secondary N) is 1. The van der Waals surface area contributed by atoms with Gasteiger partial charge < -0.3 is 15.0 Å². The fourth-order valence-electron chi connectivity index (χ4n) is 4.63. The highest BCUT2D eigenvalue weighted by Crippen LogP contribution is 2.47. The molecular weight excluding hydrogens is 374 g/mol. The first kappa shape index (κ1) is 18.8. The molecule has 2 aromatic carbocycles. The largest absolute Gasteiger partial charge is 0.367 e. The first-order valence-corrected chi connectivity index (χ1v) is 10.4. The minimum atomic E-state index is -0.474. The van der Waals surface area contributed by atoms with E-state index in [2.05, 4.69) is 63.7 Å². The van der Waals surface area contributed by atoms with Crippen LogP contribution in [-0.4, -0.2) is 30.1 Å². The van der Waals surface area contributed by atoms with E-state index in [0.29, 0.717) is 18.8 Å². The first-order valence-electron chi connectivity index (χ1n) is 10.4. The molecule has 2 atom stereocenters. The molecule has 5 rings (SSSR count). The molecule has 152 valence electrons. The van der Waals surface area contributed by atoms with E-state index in [9.17, 15) is 4.79 Å². The Hall–Kier alpha value is -3.18. The van der Waals surface area contributed by atoms with E-state index in [-0.39, 0.29) is 11.3 Å². The average molecular weight is 399 g/mol. The summed E-state index contributed by atoms with van der Waals surface area (Å²) in [5.41, 5.74) is 4.71. The Balaban J connectivity index is 1.34. The van der Waals surface area contributed by atoms with E-state index in [4.69, 9.17) is 4.74 Å². The summed E-state index contributed by atoms with van der Waals surface area (Å²) in [6.45, 7) is 4.23. The number of aromatic nitrogens is 1. The van der Waals surface area contributed by atoms with E-state index in [1.165, 1.54) is 16.8 Å². The third kappa shape index (κ3) is 3.46. The van der Waals surface area contributed by atoms with Crippen molar-refractivity contribution in [3.05, 3.63) is 89.6 Å². The lowest BCUT2D eigenvalue weighted by atomic mass is 9.80. The molecule has 1 fully saturated rings. The van der Waals surface area contributed by atoms with Gasteiger partial charge in [-0.15, -0.1) is 0 Å². The summed E-state index contributed by atoms with van der Waals surface area (Å²) in [5, 5.41) is 2.90. The van der Waals surface area contributed by atoms with Gasteiger partial charge in [-0.3, -0.25) is 4.79 Å². The molecular formula is C25H25N3O2. The number of pyridine rings is 1. The zero-order valence-electron chi connectivity index (χ0n) is 17.0. The zero-order valence-corrected chi connectivity index (χ0v) is 17.0. The second-order valence-electron chi connectivity index (χ2n) is 8.35. The molecule has 30 heavy (non-hydrogen) atoms. The minimum absolute atomic E-state index is 0.123. The predicted octanol–water partition coefficient (Wildman–Crippen LogP) is 4.08. The van der Waals surface area contributed by atoms with E-state index >= 15 is 0 Å². The third-order valence-corrected chi connectivity index (χ3v) is 6.12. The molecule has 0 radical (unpaired) electrons. The van der Waals surface area contributed by atoms with Crippen LogP contribution >= 0.6 is 0 Å². The van der Waals surface area contributed by atoms with Crippen LogP contribution in [0.2, 0.25) is 0 Å². The van der Waals surface area contributed by atoms with Crippen LogP contribution < -0.4 is 10.2 Å². The molecule has 0 unspecified atom stereocenters. The SMILES string of the molecule is Cc1ccc(NC(=O)[C@@H]2C[C@@]3(CO2)CN(Cc2ccccc2)c2ccccc23)nc1.